The topological polar surface area (TPSA) is 89.7 Å². The maximum absolute atomic E-state index is 11.4. The van der Waals surface area contributed by atoms with E-state index in [2.05, 4.69) is 17.4 Å². The molecule has 0 radical (unpaired) electrons. The Morgan fingerprint density at radius 1 is 1.67 bits per heavy atom. The zero-order valence-electron chi connectivity index (χ0n) is 8.29. The monoisotopic (exact) mass is 254 g/mol. The van der Waals surface area contributed by atoms with Gasteiger partial charge in [0.1, 0.15) is 6.61 Å². The molecule has 6 nitrogen and oxygen atoms in total. The van der Waals surface area contributed by atoms with Crippen LogP contribution in [0.5, 0.6) is 0 Å². The van der Waals surface area contributed by atoms with Crippen molar-refractivity contribution < 1.29 is 17.9 Å². The lowest BCUT2D eigenvalue weighted by atomic mass is 10.2. The lowest BCUT2D eigenvalue weighted by Crippen LogP contribution is -2.38. The van der Waals surface area contributed by atoms with Gasteiger partial charge in [-0.05, 0) is 6.42 Å². The third-order valence-corrected chi connectivity index (χ3v) is 3.86. The van der Waals surface area contributed by atoms with E-state index in [9.17, 15) is 13.2 Å². The Labute approximate surface area is 94.2 Å². The number of carbonyl (C=O) groups is 1. The van der Waals surface area contributed by atoms with Gasteiger partial charge in [-0.2, -0.15) is 16.9 Å². The maximum atomic E-state index is 11.4. The van der Waals surface area contributed by atoms with Crippen molar-refractivity contribution in [3.8, 4) is 0 Å². The summed E-state index contributed by atoms with van der Waals surface area (Å²) in [6, 6.07) is -0.352. The average Bonchev–Trinajstić information content (AvgIpc) is 2.42. The lowest BCUT2D eigenvalue weighted by molar-refractivity contribution is 0.134. The Balaban J connectivity index is 2.65. The van der Waals surface area contributed by atoms with Crippen molar-refractivity contribution in [2.24, 2.45) is 5.73 Å². The molecule has 2 N–H and O–H groups in total. The fraction of sp³-hybridized carbons (Fsp3) is 0.857. The molecule has 0 bridgehead atoms. The summed E-state index contributed by atoms with van der Waals surface area (Å²) >= 11 is 4.21. The van der Waals surface area contributed by atoms with Crippen LogP contribution in [0.2, 0.25) is 0 Å². The van der Waals surface area contributed by atoms with E-state index in [4.69, 9.17) is 5.73 Å². The molecular formula is C7H14N2O4S2. The predicted octanol–water partition coefficient (Wildman–Crippen LogP) is -0.586. The van der Waals surface area contributed by atoms with Crippen molar-refractivity contribution in [2.45, 2.75) is 17.7 Å². The Morgan fingerprint density at radius 2 is 2.27 bits per heavy atom. The maximum Gasteiger partial charge on any atom is 0.404 e. The highest BCUT2D eigenvalue weighted by atomic mass is 32.2. The van der Waals surface area contributed by atoms with E-state index in [0.29, 0.717) is 13.0 Å². The van der Waals surface area contributed by atoms with Gasteiger partial charge >= 0.3 is 6.09 Å². The van der Waals surface area contributed by atoms with Crippen LogP contribution in [0.25, 0.3) is 0 Å². The lowest BCUT2D eigenvalue weighted by Gasteiger charge is -2.20. The van der Waals surface area contributed by atoms with Crippen molar-refractivity contribution in [1.82, 2.24) is 4.31 Å². The predicted molar refractivity (Wildman–Crippen MR) is 58.3 cm³/mol. The first-order valence-corrected chi connectivity index (χ1v) is 6.74. The summed E-state index contributed by atoms with van der Waals surface area (Å²) in [6.45, 7) is 0.328. The van der Waals surface area contributed by atoms with Crippen molar-refractivity contribution in [3.05, 3.63) is 0 Å². The smallest absolute Gasteiger partial charge is 0.404 e. The van der Waals surface area contributed by atoms with Gasteiger partial charge in [0, 0.05) is 11.8 Å². The molecule has 0 aromatic carbocycles. The standard InChI is InChI=1S/C7H14N2O4S2/c1-15(11,12)9-3-6(14)2-5(9)4-13-7(8)10/h5-6,14H,2-4H2,1H3,(H2,8,10)/t5-,6+/m0/s1. The van der Waals surface area contributed by atoms with Crippen molar-refractivity contribution in [3.63, 3.8) is 0 Å². The van der Waals surface area contributed by atoms with Gasteiger partial charge in [-0.1, -0.05) is 0 Å². The molecular weight excluding hydrogens is 240 g/mol. The summed E-state index contributed by atoms with van der Waals surface area (Å²) in [5, 5.41) is -0.0267. The second kappa shape index (κ2) is 4.58. The molecule has 88 valence electrons. The zero-order chi connectivity index (χ0) is 11.6. The molecule has 0 unspecified atom stereocenters. The number of primary amides is 1. The Bertz CT molecular complexity index is 343. The quantitative estimate of drug-likeness (QED) is 0.659. The molecule has 1 rings (SSSR count). The Kier molecular flexibility index (Phi) is 3.85. The molecule has 1 amide bonds. The number of amides is 1. The number of hydrogen-bond donors (Lipinski definition) is 2. The number of nitrogens with zero attached hydrogens (tertiary/aromatic N) is 1. The number of hydrogen-bond acceptors (Lipinski definition) is 5. The van der Waals surface area contributed by atoms with Gasteiger partial charge in [0.25, 0.3) is 0 Å². The highest BCUT2D eigenvalue weighted by molar-refractivity contribution is 7.88. The second-order valence-corrected chi connectivity index (χ2v) is 6.17. The molecule has 1 fully saturated rings. The second-order valence-electron chi connectivity index (χ2n) is 3.51. The summed E-state index contributed by atoms with van der Waals surface area (Å²) in [7, 11) is -3.28. The number of carbonyl (C=O) groups excluding carboxylic acids is 1. The van der Waals surface area contributed by atoms with E-state index in [1.54, 1.807) is 0 Å². The van der Waals surface area contributed by atoms with E-state index in [1.807, 2.05) is 0 Å². The molecule has 0 aromatic heterocycles. The van der Waals surface area contributed by atoms with Crippen LogP contribution >= 0.6 is 12.6 Å². The summed E-state index contributed by atoms with van der Waals surface area (Å²) < 4.78 is 28.6. The fourth-order valence-corrected chi connectivity index (χ4v) is 3.27. The van der Waals surface area contributed by atoms with Gasteiger partial charge in [0.05, 0.1) is 12.3 Å². The molecule has 15 heavy (non-hydrogen) atoms. The first kappa shape index (κ1) is 12.6. The number of rotatable bonds is 3. The molecule has 0 aromatic rings. The third-order valence-electron chi connectivity index (χ3n) is 2.19. The molecule has 1 aliphatic heterocycles. The van der Waals surface area contributed by atoms with Crippen LogP contribution in [-0.4, -0.2) is 49.5 Å². The van der Waals surface area contributed by atoms with Crippen LogP contribution in [0.1, 0.15) is 6.42 Å². The average molecular weight is 254 g/mol. The SMILES string of the molecule is CS(=O)(=O)N1C[C@H](S)C[C@H]1COC(N)=O. The molecule has 8 heteroatoms. The van der Waals surface area contributed by atoms with Gasteiger partial charge in [-0.15, -0.1) is 0 Å². The van der Waals surface area contributed by atoms with Crippen molar-refractivity contribution >= 4 is 28.7 Å². The normalized spacial score (nSPS) is 27.9. The molecule has 2 atom stereocenters. The van der Waals surface area contributed by atoms with E-state index in [-0.39, 0.29) is 17.9 Å². The van der Waals surface area contributed by atoms with E-state index >= 15 is 0 Å². The van der Waals surface area contributed by atoms with Gasteiger partial charge in [0.2, 0.25) is 10.0 Å². The zero-order valence-corrected chi connectivity index (χ0v) is 10.00. The first-order chi connectivity index (χ1) is 6.80. The summed E-state index contributed by atoms with van der Waals surface area (Å²) in [6.07, 6.45) is 0.783. The highest BCUT2D eigenvalue weighted by Crippen LogP contribution is 2.24. The van der Waals surface area contributed by atoms with E-state index in [0.717, 1.165) is 6.26 Å². The minimum atomic E-state index is -3.28. The number of nitrogens with two attached hydrogens (primary N) is 1. The molecule has 1 aliphatic rings. The van der Waals surface area contributed by atoms with Gasteiger partial charge < -0.3 is 10.5 Å². The van der Waals surface area contributed by atoms with Crippen LogP contribution in [0.15, 0.2) is 0 Å². The molecule has 0 saturated carbocycles. The van der Waals surface area contributed by atoms with E-state index < -0.39 is 16.1 Å². The van der Waals surface area contributed by atoms with Crippen molar-refractivity contribution in [2.75, 3.05) is 19.4 Å². The molecule has 0 aliphatic carbocycles. The summed E-state index contributed by atoms with van der Waals surface area (Å²) in [4.78, 5) is 10.4. The van der Waals surface area contributed by atoms with Crippen LogP contribution in [0.3, 0.4) is 0 Å². The number of ether oxygens (including phenoxy) is 1. The van der Waals surface area contributed by atoms with Crippen molar-refractivity contribution in [1.29, 1.82) is 0 Å². The summed E-state index contributed by atoms with van der Waals surface area (Å²) in [5.74, 6) is 0. The molecule has 0 spiro atoms. The van der Waals surface area contributed by atoms with Crippen LogP contribution in [-0.2, 0) is 14.8 Å². The minimum Gasteiger partial charge on any atom is -0.448 e. The number of sulfonamides is 1. The third kappa shape index (κ3) is 3.54. The summed E-state index contributed by atoms with van der Waals surface area (Å²) in [5.41, 5.74) is 4.81. The van der Waals surface area contributed by atoms with Crippen LogP contribution in [0, 0.1) is 0 Å². The highest BCUT2D eigenvalue weighted by Gasteiger charge is 2.36. The van der Waals surface area contributed by atoms with Gasteiger partial charge in [-0.25, -0.2) is 13.2 Å². The molecule has 1 saturated heterocycles. The first-order valence-electron chi connectivity index (χ1n) is 4.38. The molecule has 1 heterocycles. The number of thiol groups is 1. The Hall–Kier alpha value is -0.470. The van der Waals surface area contributed by atoms with Gasteiger partial charge in [-0.3, -0.25) is 0 Å². The minimum absolute atomic E-state index is 0.0144. The largest absolute Gasteiger partial charge is 0.448 e. The fourth-order valence-electron chi connectivity index (χ4n) is 1.60. The van der Waals surface area contributed by atoms with Gasteiger partial charge in [0.15, 0.2) is 0 Å². The van der Waals surface area contributed by atoms with E-state index in [1.165, 1.54) is 4.31 Å². The van der Waals surface area contributed by atoms with Crippen LogP contribution < -0.4 is 5.73 Å². The van der Waals surface area contributed by atoms with Crippen LogP contribution in [0.4, 0.5) is 4.79 Å². The Morgan fingerprint density at radius 3 is 2.73 bits per heavy atom.